The lowest BCUT2D eigenvalue weighted by atomic mass is 10.1. The summed E-state index contributed by atoms with van der Waals surface area (Å²) in [4.78, 5) is 22.4. The second-order valence-electron chi connectivity index (χ2n) is 5.82. The normalized spacial score (nSPS) is 10.9. The number of amides is 1. The molecule has 0 saturated heterocycles. The lowest BCUT2D eigenvalue weighted by molar-refractivity contribution is 0.0954. The molecule has 3 heterocycles. The molecule has 6 nitrogen and oxygen atoms in total. The minimum atomic E-state index is -0.0833. The van der Waals surface area contributed by atoms with Gasteiger partial charge >= 0.3 is 0 Å². The van der Waals surface area contributed by atoms with Gasteiger partial charge in [0.1, 0.15) is 12.7 Å². The molecule has 0 aliphatic carbocycles. The second kappa shape index (κ2) is 7.45. The number of fused-ring (bicyclic) bond motifs is 1. The topological polar surface area (TPSA) is 72.7 Å². The first-order valence-electron chi connectivity index (χ1n) is 8.35. The van der Waals surface area contributed by atoms with Crippen molar-refractivity contribution >= 4 is 28.1 Å². The van der Waals surface area contributed by atoms with Crippen molar-refractivity contribution < 1.29 is 4.79 Å². The molecule has 130 valence electrons. The predicted octanol–water partition coefficient (Wildman–Crippen LogP) is 3.37. The van der Waals surface area contributed by atoms with Gasteiger partial charge in [-0.15, -0.1) is 11.3 Å². The van der Waals surface area contributed by atoms with E-state index < -0.39 is 0 Å². The Kier molecular flexibility index (Phi) is 4.70. The predicted molar refractivity (Wildman–Crippen MR) is 102 cm³/mol. The van der Waals surface area contributed by atoms with Crippen LogP contribution in [0.15, 0.2) is 60.5 Å². The molecule has 0 spiro atoms. The monoisotopic (exact) mass is 363 g/mol. The minimum absolute atomic E-state index is 0.0833. The molecular weight excluding hydrogens is 346 g/mol. The van der Waals surface area contributed by atoms with Crippen molar-refractivity contribution in [1.29, 1.82) is 0 Å². The number of carbonyl (C=O) groups is 1. The Bertz CT molecular complexity index is 1010. The number of carbonyl (C=O) groups excluding carboxylic acids is 1. The van der Waals surface area contributed by atoms with Gasteiger partial charge < -0.3 is 5.32 Å². The van der Waals surface area contributed by atoms with Crippen molar-refractivity contribution in [3.63, 3.8) is 0 Å². The van der Waals surface area contributed by atoms with Gasteiger partial charge in [-0.05, 0) is 30.0 Å². The van der Waals surface area contributed by atoms with Gasteiger partial charge in [0.15, 0.2) is 0 Å². The molecule has 0 aliphatic heterocycles. The van der Waals surface area contributed by atoms with Crippen molar-refractivity contribution in [1.82, 2.24) is 25.1 Å². The quantitative estimate of drug-likeness (QED) is 0.533. The van der Waals surface area contributed by atoms with E-state index in [4.69, 9.17) is 4.98 Å². The van der Waals surface area contributed by atoms with E-state index in [0.717, 1.165) is 34.4 Å². The molecule has 0 aliphatic rings. The van der Waals surface area contributed by atoms with Crippen LogP contribution in [0.25, 0.3) is 21.5 Å². The fraction of sp³-hybridized carbons (Fsp3) is 0.158. The second-order valence-corrected chi connectivity index (χ2v) is 6.77. The smallest absolute Gasteiger partial charge is 0.252 e. The number of pyridine rings is 1. The van der Waals surface area contributed by atoms with Gasteiger partial charge in [-0.25, -0.2) is 9.97 Å². The Labute approximate surface area is 154 Å². The van der Waals surface area contributed by atoms with Gasteiger partial charge in [-0.1, -0.05) is 24.3 Å². The third-order valence-electron chi connectivity index (χ3n) is 4.05. The fourth-order valence-corrected chi connectivity index (χ4v) is 3.49. The van der Waals surface area contributed by atoms with Gasteiger partial charge in [0.05, 0.1) is 21.7 Å². The van der Waals surface area contributed by atoms with Crippen LogP contribution >= 0.6 is 11.3 Å². The molecule has 7 heteroatoms. The van der Waals surface area contributed by atoms with Crippen LogP contribution in [-0.4, -0.2) is 32.2 Å². The molecule has 0 bridgehead atoms. The Morgan fingerprint density at radius 3 is 2.92 bits per heavy atom. The van der Waals surface area contributed by atoms with Crippen molar-refractivity contribution in [2.24, 2.45) is 0 Å². The first-order chi connectivity index (χ1) is 12.8. The van der Waals surface area contributed by atoms with Gasteiger partial charge in [0.2, 0.25) is 0 Å². The standard InChI is InChI=1S/C19H17N5OS/c25-19(21-8-4-9-24-13-20-12-22-24)15-11-17(18-7-3-10-26-18)23-16-6-2-1-5-14(15)16/h1-3,5-7,10-13H,4,8-9H2,(H,21,25). The van der Waals surface area contributed by atoms with Crippen LogP contribution in [0.4, 0.5) is 0 Å². The average Bonchev–Trinajstić information content (AvgIpc) is 3.38. The highest BCUT2D eigenvalue weighted by atomic mass is 32.1. The number of hydrogen-bond acceptors (Lipinski definition) is 5. The van der Waals surface area contributed by atoms with Gasteiger partial charge in [0.25, 0.3) is 5.91 Å². The van der Waals surface area contributed by atoms with E-state index in [1.807, 2.05) is 47.8 Å². The highest BCUT2D eigenvalue weighted by Crippen LogP contribution is 2.27. The van der Waals surface area contributed by atoms with E-state index in [1.54, 1.807) is 22.3 Å². The van der Waals surface area contributed by atoms with E-state index in [0.29, 0.717) is 12.1 Å². The number of nitrogens with zero attached hydrogens (tertiary/aromatic N) is 4. The third kappa shape index (κ3) is 3.48. The maximum atomic E-state index is 12.8. The Balaban J connectivity index is 1.55. The minimum Gasteiger partial charge on any atom is -0.352 e. The highest BCUT2D eigenvalue weighted by molar-refractivity contribution is 7.13. The van der Waals surface area contributed by atoms with E-state index in [-0.39, 0.29) is 5.91 Å². The fourth-order valence-electron chi connectivity index (χ4n) is 2.80. The number of para-hydroxylation sites is 1. The zero-order chi connectivity index (χ0) is 17.8. The molecular formula is C19H17N5OS. The highest BCUT2D eigenvalue weighted by Gasteiger charge is 2.14. The van der Waals surface area contributed by atoms with Crippen molar-refractivity contribution in [3.8, 4) is 10.6 Å². The lowest BCUT2D eigenvalue weighted by Gasteiger charge is -2.10. The summed E-state index contributed by atoms with van der Waals surface area (Å²) in [5, 5.41) is 9.93. The summed E-state index contributed by atoms with van der Waals surface area (Å²) in [5.74, 6) is -0.0833. The zero-order valence-corrected chi connectivity index (χ0v) is 14.8. The number of benzene rings is 1. The third-order valence-corrected chi connectivity index (χ3v) is 4.94. The molecule has 0 unspecified atom stereocenters. The molecule has 0 saturated carbocycles. The molecule has 26 heavy (non-hydrogen) atoms. The van der Waals surface area contributed by atoms with Crippen LogP contribution in [0.5, 0.6) is 0 Å². The molecule has 0 atom stereocenters. The number of nitrogens with one attached hydrogen (secondary N) is 1. The van der Waals surface area contributed by atoms with Crippen LogP contribution in [0.1, 0.15) is 16.8 Å². The summed E-state index contributed by atoms with van der Waals surface area (Å²) in [7, 11) is 0. The van der Waals surface area contributed by atoms with Crippen molar-refractivity contribution in [2.75, 3.05) is 6.54 Å². The summed E-state index contributed by atoms with van der Waals surface area (Å²) in [6, 6.07) is 13.6. The maximum absolute atomic E-state index is 12.8. The molecule has 1 amide bonds. The summed E-state index contributed by atoms with van der Waals surface area (Å²) in [5.41, 5.74) is 2.30. The number of thiophene rings is 1. The lowest BCUT2D eigenvalue weighted by Crippen LogP contribution is -2.25. The number of hydrogen-bond donors (Lipinski definition) is 1. The molecule has 3 aromatic heterocycles. The first-order valence-corrected chi connectivity index (χ1v) is 9.23. The number of aryl methyl sites for hydroxylation is 1. The van der Waals surface area contributed by atoms with Crippen LogP contribution < -0.4 is 5.32 Å². The largest absolute Gasteiger partial charge is 0.352 e. The maximum Gasteiger partial charge on any atom is 0.252 e. The summed E-state index contributed by atoms with van der Waals surface area (Å²) >= 11 is 1.62. The van der Waals surface area contributed by atoms with E-state index >= 15 is 0 Å². The molecule has 0 fully saturated rings. The summed E-state index contributed by atoms with van der Waals surface area (Å²) < 4.78 is 1.75. The van der Waals surface area contributed by atoms with E-state index in [9.17, 15) is 4.79 Å². The van der Waals surface area contributed by atoms with Gasteiger partial charge in [-0.3, -0.25) is 9.48 Å². The molecule has 1 aromatic carbocycles. The SMILES string of the molecule is O=C(NCCCn1cncn1)c1cc(-c2cccs2)nc2ccccc12. The van der Waals surface area contributed by atoms with Crippen molar-refractivity contribution in [2.45, 2.75) is 13.0 Å². The average molecular weight is 363 g/mol. The van der Waals surface area contributed by atoms with Gasteiger partial charge in [0, 0.05) is 18.5 Å². The zero-order valence-electron chi connectivity index (χ0n) is 14.0. The van der Waals surface area contributed by atoms with E-state index in [2.05, 4.69) is 15.4 Å². The number of rotatable bonds is 6. The Morgan fingerprint density at radius 2 is 2.12 bits per heavy atom. The molecule has 1 N–H and O–H groups in total. The summed E-state index contributed by atoms with van der Waals surface area (Å²) in [6.07, 6.45) is 3.97. The first kappa shape index (κ1) is 16.4. The Morgan fingerprint density at radius 1 is 1.19 bits per heavy atom. The Hall–Kier alpha value is -3.06. The molecule has 4 rings (SSSR count). The van der Waals surface area contributed by atoms with Crippen LogP contribution in [-0.2, 0) is 6.54 Å². The van der Waals surface area contributed by atoms with E-state index in [1.165, 1.54) is 6.33 Å². The summed E-state index contributed by atoms with van der Waals surface area (Å²) in [6.45, 7) is 1.29. The van der Waals surface area contributed by atoms with Crippen LogP contribution in [0.3, 0.4) is 0 Å². The molecule has 4 aromatic rings. The van der Waals surface area contributed by atoms with Crippen LogP contribution in [0, 0.1) is 0 Å². The van der Waals surface area contributed by atoms with Crippen LogP contribution in [0.2, 0.25) is 0 Å². The van der Waals surface area contributed by atoms with Gasteiger partial charge in [-0.2, -0.15) is 5.10 Å². The van der Waals surface area contributed by atoms with Crippen molar-refractivity contribution in [3.05, 3.63) is 66.1 Å². The molecule has 0 radical (unpaired) electrons. The number of aromatic nitrogens is 4.